The lowest BCUT2D eigenvalue weighted by atomic mass is 9.92. The second-order valence-electron chi connectivity index (χ2n) is 8.16. The van der Waals surface area contributed by atoms with Crippen molar-refractivity contribution in [2.24, 2.45) is 16.8 Å². The van der Waals surface area contributed by atoms with Gasteiger partial charge in [0, 0.05) is 32.7 Å². The van der Waals surface area contributed by atoms with Gasteiger partial charge >= 0.3 is 0 Å². The smallest absolute Gasteiger partial charge is 0.194 e. The first-order chi connectivity index (χ1) is 13.1. The predicted molar refractivity (Wildman–Crippen MR) is 124 cm³/mol. The van der Waals surface area contributed by atoms with Crippen LogP contribution < -0.4 is 5.32 Å². The summed E-state index contributed by atoms with van der Waals surface area (Å²) in [7, 11) is 0. The molecule has 3 atom stereocenters. The summed E-state index contributed by atoms with van der Waals surface area (Å²) in [6.07, 6.45) is 1.30. The lowest BCUT2D eigenvalue weighted by Gasteiger charge is -2.37. The number of nitrogens with zero attached hydrogens (tertiary/aromatic N) is 3. The van der Waals surface area contributed by atoms with Crippen LogP contribution in [0.3, 0.4) is 0 Å². The van der Waals surface area contributed by atoms with Crippen molar-refractivity contribution in [3.05, 3.63) is 23.7 Å². The molecule has 0 bridgehead atoms. The third-order valence-corrected chi connectivity index (χ3v) is 5.49. The van der Waals surface area contributed by atoms with Crippen LogP contribution in [0.15, 0.2) is 21.5 Å². The molecule has 0 spiro atoms. The minimum absolute atomic E-state index is 0. The highest BCUT2D eigenvalue weighted by Crippen LogP contribution is 2.25. The molecular weight excluding hydrogens is 467 g/mol. The molecule has 160 valence electrons. The number of hydrogen-bond donors (Lipinski definition) is 1. The first kappa shape index (κ1) is 23.5. The summed E-state index contributed by atoms with van der Waals surface area (Å²) in [6, 6.07) is 4.31. The van der Waals surface area contributed by atoms with E-state index in [1.807, 2.05) is 13.0 Å². The Morgan fingerprint density at radius 1 is 1.21 bits per heavy atom. The van der Waals surface area contributed by atoms with E-state index < -0.39 is 0 Å². The largest absolute Gasteiger partial charge is 0.465 e. The number of nitrogens with one attached hydrogen (secondary N) is 1. The van der Waals surface area contributed by atoms with Gasteiger partial charge in [-0.25, -0.2) is 0 Å². The number of guanidine groups is 1. The minimum Gasteiger partial charge on any atom is -0.465 e. The van der Waals surface area contributed by atoms with Crippen LogP contribution in [-0.4, -0.2) is 68.2 Å². The molecule has 3 rings (SSSR count). The monoisotopic (exact) mass is 504 g/mol. The minimum atomic E-state index is 0. The number of morpholine rings is 1. The molecule has 0 saturated carbocycles. The van der Waals surface area contributed by atoms with Crippen molar-refractivity contribution in [3.8, 4) is 0 Å². The Morgan fingerprint density at radius 3 is 2.46 bits per heavy atom. The van der Waals surface area contributed by atoms with Gasteiger partial charge in [0.05, 0.1) is 25.8 Å². The summed E-state index contributed by atoms with van der Waals surface area (Å²) in [5.41, 5.74) is 0. The fourth-order valence-electron chi connectivity index (χ4n) is 4.34. The molecule has 3 unspecified atom stereocenters. The zero-order valence-corrected chi connectivity index (χ0v) is 20.1. The number of halogens is 1. The number of rotatable bonds is 5. The molecule has 2 fully saturated rings. The SMILES string of the molecule is CCNC(=NCC(c1ccc(C)o1)N1CCOCC1)N1CC(C)CC(C)C1.I. The Hall–Kier alpha value is -0.800. The summed E-state index contributed by atoms with van der Waals surface area (Å²) < 4.78 is 11.5. The standard InChI is InChI=1S/C21H36N4O2.HI/c1-5-22-21(25-14-16(2)12-17(3)15-25)23-13-19(20-7-6-18(4)27-20)24-8-10-26-11-9-24;/h6-7,16-17,19H,5,8-15H2,1-4H3,(H,22,23);1H. The average Bonchev–Trinajstić information content (AvgIpc) is 3.07. The molecule has 0 amide bonds. The van der Waals surface area contributed by atoms with Gasteiger partial charge in [0.1, 0.15) is 11.5 Å². The van der Waals surface area contributed by atoms with Crippen LogP contribution in [0.5, 0.6) is 0 Å². The molecule has 2 aliphatic rings. The second kappa shape index (κ2) is 11.4. The maximum absolute atomic E-state index is 5.98. The number of likely N-dealkylation sites (tertiary alicyclic amines) is 1. The Morgan fingerprint density at radius 2 is 1.89 bits per heavy atom. The van der Waals surface area contributed by atoms with E-state index in [4.69, 9.17) is 14.1 Å². The maximum Gasteiger partial charge on any atom is 0.194 e. The first-order valence-corrected chi connectivity index (χ1v) is 10.5. The van der Waals surface area contributed by atoms with Crippen LogP contribution >= 0.6 is 24.0 Å². The molecule has 3 heterocycles. The number of aryl methyl sites for hydroxylation is 1. The van der Waals surface area contributed by atoms with Gasteiger partial charge in [-0.05, 0) is 44.2 Å². The van der Waals surface area contributed by atoms with E-state index in [1.54, 1.807) is 0 Å². The van der Waals surface area contributed by atoms with E-state index in [9.17, 15) is 0 Å². The first-order valence-electron chi connectivity index (χ1n) is 10.5. The van der Waals surface area contributed by atoms with Crippen LogP contribution in [-0.2, 0) is 4.74 Å². The van der Waals surface area contributed by atoms with E-state index in [2.05, 4.69) is 42.0 Å². The molecule has 6 nitrogen and oxygen atoms in total. The van der Waals surface area contributed by atoms with E-state index in [-0.39, 0.29) is 30.0 Å². The number of hydrogen-bond acceptors (Lipinski definition) is 4. The third kappa shape index (κ3) is 6.35. The van der Waals surface area contributed by atoms with Crippen molar-refractivity contribution in [2.75, 3.05) is 52.5 Å². The topological polar surface area (TPSA) is 53.2 Å². The average molecular weight is 504 g/mol. The molecule has 1 aromatic heterocycles. The Balaban J connectivity index is 0.00000280. The van der Waals surface area contributed by atoms with Crippen molar-refractivity contribution in [2.45, 2.75) is 40.2 Å². The fourth-order valence-corrected chi connectivity index (χ4v) is 4.34. The van der Waals surface area contributed by atoms with Crippen LogP contribution in [0.1, 0.15) is 44.8 Å². The normalized spacial score (nSPS) is 25.3. The van der Waals surface area contributed by atoms with Crippen molar-refractivity contribution in [3.63, 3.8) is 0 Å². The Kier molecular flexibility index (Phi) is 9.56. The molecule has 0 aliphatic carbocycles. The van der Waals surface area contributed by atoms with Gasteiger partial charge in [-0.2, -0.15) is 0 Å². The molecule has 1 aromatic rings. The Bertz CT molecular complexity index is 605. The highest BCUT2D eigenvalue weighted by molar-refractivity contribution is 14.0. The summed E-state index contributed by atoms with van der Waals surface area (Å²) in [5, 5.41) is 3.51. The zero-order chi connectivity index (χ0) is 19.2. The molecule has 1 N–H and O–H groups in total. The van der Waals surface area contributed by atoms with Crippen LogP contribution in [0.25, 0.3) is 0 Å². The quantitative estimate of drug-likeness (QED) is 0.378. The van der Waals surface area contributed by atoms with Gasteiger partial charge in [0.2, 0.25) is 0 Å². The van der Waals surface area contributed by atoms with Crippen LogP contribution in [0, 0.1) is 18.8 Å². The number of piperidine rings is 1. The molecule has 28 heavy (non-hydrogen) atoms. The van der Waals surface area contributed by atoms with Gasteiger partial charge in [-0.3, -0.25) is 9.89 Å². The van der Waals surface area contributed by atoms with E-state index in [1.165, 1.54) is 6.42 Å². The molecule has 0 radical (unpaired) electrons. The van der Waals surface area contributed by atoms with Gasteiger partial charge in [0.25, 0.3) is 0 Å². The summed E-state index contributed by atoms with van der Waals surface area (Å²) in [4.78, 5) is 9.93. The van der Waals surface area contributed by atoms with E-state index in [0.717, 1.165) is 63.4 Å². The van der Waals surface area contributed by atoms with Crippen molar-refractivity contribution >= 4 is 29.9 Å². The van der Waals surface area contributed by atoms with Crippen LogP contribution in [0.4, 0.5) is 0 Å². The highest BCUT2D eigenvalue weighted by Gasteiger charge is 2.27. The van der Waals surface area contributed by atoms with Gasteiger partial charge in [-0.15, -0.1) is 24.0 Å². The van der Waals surface area contributed by atoms with Gasteiger partial charge < -0.3 is 19.4 Å². The summed E-state index contributed by atoms with van der Waals surface area (Å²) in [5.74, 6) is 4.42. The highest BCUT2D eigenvalue weighted by atomic mass is 127. The Labute approximate surface area is 187 Å². The molecule has 0 aromatic carbocycles. The molecular formula is C21H37IN4O2. The number of aliphatic imine (C=N–C) groups is 1. The van der Waals surface area contributed by atoms with Crippen molar-refractivity contribution < 1.29 is 9.15 Å². The summed E-state index contributed by atoms with van der Waals surface area (Å²) in [6.45, 7) is 16.0. The van der Waals surface area contributed by atoms with E-state index >= 15 is 0 Å². The van der Waals surface area contributed by atoms with E-state index in [0.29, 0.717) is 18.4 Å². The lowest BCUT2D eigenvalue weighted by Crippen LogP contribution is -2.49. The second-order valence-corrected chi connectivity index (χ2v) is 8.16. The third-order valence-electron chi connectivity index (χ3n) is 5.49. The van der Waals surface area contributed by atoms with Crippen molar-refractivity contribution in [1.29, 1.82) is 0 Å². The maximum atomic E-state index is 5.98. The molecule has 2 aliphatic heterocycles. The van der Waals surface area contributed by atoms with Gasteiger partial charge in [0.15, 0.2) is 5.96 Å². The van der Waals surface area contributed by atoms with Gasteiger partial charge in [-0.1, -0.05) is 13.8 Å². The molecule has 2 saturated heterocycles. The number of ether oxygens (including phenoxy) is 1. The fraction of sp³-hybridized carbons (Fsp3) is 0.762. The molecule has 7 heteroatoms. The zero-order valence-electron chi connectivity index (χ0n) is 17.8. The summed E-state index contributed by atoms with van der Waals surface area (Å²) >= 11 is 0. The van der Waals surface area contributed by atoms with Crippen LogP contribution in [0.2, 0.25) is 0 Å². The predicted octanol–water partition coefficient (Wildman–Crippen LogP) is 3.52. The van der Waals surface area contributed by atoms with Crippen molar-refractivity contribution in [1.82, 2.24) is 15.1 Å². The lowest BCUT2D eigenvalue weighted by molar-refractivity contribution is 0.0134. The number of furan rings is 1.